The third-order valence-electron chi connectivity index (χ3n) is 3.22. The number of hydrogen-bond donors (Lipinski definition) is 2. The van der Waals surface area contributed by atoms with Crippen LogP contribution in [0, 0.1) is 11.8 Å². The van der Waals surface area contributed by atoms with E-state index in [1.165, 1.54) is 12.3 Å². The van der Waals surface area contributed by atoms with Gasteiger partial charge in [-0.15, -0.1) is 0 Å². The lowest BCUT2D eigenvalue weighted by molar-refractivity contribution is -0.187. The molecule has 0 saturated carbocycles. The fourth-order valence-electron chi connectivity index (χ4n) is 2.21. The molecule has 2 atom stereocenters. The molecule has 2 N–H and O–H groups in total. The fraction of sp³-hybridized carbons (Fsp3) is 0.455. The lowest BCUT2D eigenvalue weighted by Gasteiger charge is -2.18. The number of nitrogens with zero attached hydrogens (tertiary/aromatic N) is 1. The zero-order chi connectivity index (χ0) is 15.1. The number of amides is 1. The van der Waals surface area contributed by atoms with Crippen LogP contribution in [0.3, 0.4) is 0 Å². The monoisotopic (exact) mass is 310 g/mol. The van der Waals surface area contributed by atoms with Gasteiger partial charge < -0.3 is 15.0 Å². The van der Waals surface area contributed by atoms with Crippen molar-refractivity contribution in [3.8, 4) is 0 Å². The summed E-state index contributed by atoms with van der Waals surface area (Å²) >= 11 is 5.62. The Kier molecular flexibility index (Phi) is 3.68. The van der Waals surface area contributed by atoms with Crippen LogP contribution < -0.4 is 0 Å². The van der Waals surface area contributed by atoms with E-state index in [9.17, 15) is 22.8 Å². The first-order valence-corrected chi connectivity index (χ1v) is 6.00. The zero-order valence-corrected chi connectivity index (χ0v) is 10.7. The van der Waals surface area contributed by atoms with Crippen LogP contribution in [-0.2, 0) is 4.79 Å². The number of aromatic nitrogens is 1. The fourth-order valence-corrected chi connectivity index (χ4v) is 2.38. The maximum Gasteiger partial charge on any atom is 0.394 e. The average Bonchev–Trinajstić information content (AvgIpc) is 2.93. The number of nitrogens with one attached hydrogen (secondary N) is 1. The number of hydrogen-bond acceptors (Lipinski definition) is 2. The van der Waals surface area contributed by atoms with Gasteiger partial charge in [-0.1, -0.05) is 11.6 Å². The van der Waals surface area contributed by atoms with E-state index < -0.39 is 43.0 Å². The standard InChI is InChI=1S/C11H10ClF3N2O3/c12-5-1-8(16-2-5)9(18)17-3-6(10(19)20)7(4-17)11(13,14)15/h1-2,6-7,16H,3-4H2,(H,19,20)/t6-,7-/m1/s1. The van der Waals surface area contributed by atoms with Crippen LogP contribution in [0.2, 0.25) is 5.02 Å². The van der Waals surface area contributed by atoms with E-state index in [1.54, 1.807) is 0 Å². The summed E-state index contributed by atoms with van der Waals surface area (Å²) in [6, 6.07) is 1.28. The summed E-state index contributed by atoms with van der Waals surface area (Å²) < 4.78 is 38.4. The number of carboxylic acid groups (broad SMARTS) is 1. The van der Waals surface area contributed by atoms with E-state index >= 15 is 0 Å². The Hall–Kier alpha value is -1.70. The van der Waals surface area contributed by atoms with Crippen molar-refractivity contribution in [1.29, 1.82) is 0 Å². The van der Waals surface area contributed by atoms with Crippen LogP contribution in [-0.4, -0.2) is 46.1 Å². The predicted octanol–water partition coefficient (Wildman–Crippen LogP) is 2.00. The minimum Gasteiger partial charge on any atom is -0.481 e. The quantitative estimate of drug-likeness (QED) is 0.877. The van der Waals surface area contributed by atoms with Gasteiger partial charge in [-0.05, 0) is 6.07 Å². The van der Waals surface area contributed by atoms with Crippen molar-refractivity contribution in [2.45, 2.75) is 6.18 Å². The molecule has 1 aromatic rings. The minimum atomic E-state index is -4.66. The topological polar surface area (TPSA) is 73.4 Å². The number of carbonyl (C=O) groups is 2. The summed E-state index contributed by atoms with van der Waals surface area (Å²) in [6.45, 7) is -1.15. The second-order valence-corrected chi connectivity index (χ2v) is 4.97. The highest BCUT2D eigenvalue weighted by Crippen LogP contribution is 2.38. The van der Waals surface area contributed by atoms with Gasteiger partial charge in [0.15, 0.2) is 0 Å². The molecule has 0 unspecified atom stereocenters. The van der Waals surface area contributed by atoms with Crippen LogP contribution in [0.5, 0.6) is 0 Å². The largest absolute Gasteiger partial charge is 0.481 e. The highest BCUT2D eigenvalue weighted by molar-refractivity contribution is 6.30. The molecular weight excluding hydrogens is 301 g/mol. The van der Waals surface area contributed by atoms with Crippen LogP contribution in [0.4, 0.5) is 13.2 Å². The normalized spacial score (nSPS) is 23.1. The van der Waals surface area contributed by atoms with E-state index in [4.69, 9.17) is 16.7 Å². The molecule has 1 aliphatic rings. The Morgan fingerprint density at radius 3 is 2.45 bits per heavy atom. The van der Waals surface area contributed by atoms with Crippen molar-refractivity contribution in [3.05, 3.63) is 23.0 Å². The number of carboxylic acids is 1. The maximum atomic E-state index is 12.8. The molecule has 1 amide bonds. The number of H-pyrrole nitrogens is 1. The Labute approximate surface area is 116 Å². The summed E-state index contributed by atoms with van der Waals surface area (Å²) in [4.78, 5) is 26.3. The molecule has 9 heteroatoms. The number of aliphatic carboxylic acids is 1. The molecule has 1 aliphatic heterocycles. The molecule has 0 aliphatic carbocycles. The molecule has 1 saturated heterocycles. The molecule has 0 radical (unpaired) electrons. The lowest BCUT2D eigenvalue weighted by Crippen LogP contribution is -2.34. The molecule has 2 heterocycles. The summed E-state index contributed by atoms with van der Waals surface area (Å²) in [6.07, 6.45) is -3.34. The number of alkyl halides is 3. The molecule has 110 valence electrons. The van der Waals surface area contributed by atoms with Gasteiger partial charge in [0.2, 0.25) is 0 Å². The highest BCUT2D eigenvalue weighted by Gasteiger charge is 2.53. The van der Waals surface area contributed by atoms with Crippen LogP contribution >= 0.6 is 11.6 Å². The van der Waals surface area contributed by atoms with Gasteiger partial charge in [0, 0.05) is 19.3 Å². The van der Waals surface area contributed by atoms with Crippen molar-refractivity contribution >= 4 is 23.5 Å². The van der Waals surface area contributed by atoms with E-state index in [0.717, 1.165) is 4.90 Å². The molecule has 1 fully saturated rings. The molecular formula is C11H10ClF3N2O3. The van der Waals surface area contributed by atoms with E-state index in [0.29, 0.717) is 0 Å². The number of aromatic amines is 1. The summed E-state index contributed by atoms with van der Waals surface area (Å²) in [5.74, 6) is -5.97. The summed E-state index contributed by atoms with van der Waals surface area (Å²) in [7, 11) is 0. The number of likely N-dealkylation sites (tertiary alicyclic amines) is 1. The smallest absolute Gasteiger partial charge is 0.394 e. The van der Waals surface area contributed by atoms with E-state index in [1.807, 2.05) is 0 Å². The molecule has 2 rings (SSSR count). The first-order valence-electron chi connectivity index (χ1n) is 5.63. The Bertz CT molecular complexity index is 543. The lowest BCUT2D eigenvalue weighted by atomic mass is 9.96. The van der Waals surface area contributed by atoms with Gasteiger partial charge in [0.1, 0.15) is 5.69 Å². The second-order valence-electron chi connectivity index (χ2n) is 4.53. The third kappa shape index (κ3) is 2.74. The summed E-state index contributed by atoms with van der Waals surface area (Å²) in [5.41, 5.74) is 0.0296. The number of halogens is 4. The Morgan fingerprint density at radius 2 is 2.05 bits per heavy atom. The molecule has 0 aromatic carbocycles. The Balaban J connectivity index is 2.20. The highest BCUT2D eigenvalue weighted by atomic mass is 35.5. The van der Waals surface area contributed by atoms with Gasteiger partial charge in [-0.25, -0.2) is 0 Å². The molecule has 0 bridgehead atoms. The van der Waals surface area contributed by atoms with E-state index in [-0.39, 0.29) is 10.7 Å². The summed E-state index contributed by atoms with van der Waals surface area (Å²) in [5, 5.41) is 9.10. The zero-order valence-electron chi connectivity index (χ0n) is 9.95. The Morgan fingerprint density at radius 1 is 1.40 bits per heavy atom. The third-order valence-corrected chi connectivity index (χ3v) is 3.44. The van der Waals surface area contributed by atoms with Gasteiger partial charge in [-0.2, -0.15) is 13.2 Å². The van der Waals surface area contributed by atoms with Crippen molar-refractivity contribution in [1.82, 2.24) is 9.88 Å². The van der Waals surface area contributed by atoms with Crippen molar-refractivity contribution in [3.63, 3.8) is 0 Å². The average molecular weight is 311 g/mol. The second kappa shape index (κ2) is 5.01. The molecule has 20 heavy (non-hydrogen) atoms. The van der Waals surface area contributed by atoms with Crippen LogP contribution in [0.1, 0.15) is 10.5 Å². The minimum absolute atomic E-state index is 0.0296. The SMILES string of the molecule is O=C(O)[C@@H]1CN(C(=O)c2cc(Cl)c[nH]2)C[C@H]1C(F)(F)F. The maximum absolute atomic E-state index is 12.8. The van der Waals surface area contributed by atoms with Gasteiger partial charge in [0.25, 0.3) is 5.91 Å². The van der Waals surface area contributed by atoms with Gasteiger partial charge in [-0.3, -0.25) is 9.59 Å². The van der Waals surface area contributed by atoms with Crippen molar-refractivity contribution in [2.24, 2.45) is 11.8 Å². The van der Waals surface area contributed by atoms with Crippen molar-refractivity contribution in [2.75, 3.05) is 13.1 Å². The van der Waals surface area contributed by atoms with Crippen LogP contribution in [0.25, 0.3) is 0 Å². The first kappa shape index (κ1) is 14.7. The van der Waals surface area contributed by atoms with E-state index in [2.05, 4.69) is 4.98 Å². The van der Waals surface area contributed by atoms with Crippen molar-refractivity contribution < 1.29 is 27.9 Å². The van der Waals surface area contributed by atoms with Gasteiger partial charge in [0.05, 0.1) is 16.9 Å². The number of carbonyl (C=O) groups excluding carboxylic acids is 1. The number of rotatable bonds is 2. The first-order chi connectivity index (χ1) is 9.20. The predicted molar refractivity (Wildman–Crippen MR) is 62.4 cm³/mol. The van der Waals surface area contributed by atoms with Crippen LogP contribution in [0.15, 0.2) is 12.3 Å². The molecule has 0 spiro atoms. The van der Waals surface area contributed by atoms with Gasteiger partial charge >= 0.3 is 12.1 Å². The molecule has 5 nitrogen and oxygen atoms in total. The molecule has 1 aromatic heterocycles.